The van der Waals surface area contributed by atoms with E-state index < -0.39 is 15.9 Å². The molecular formula is C17H18N2O6S. The van der Waals surface area contributed by atoms with Crippen LogP contribution in [0.1, 0.15) is 5.56 Å². The van der Waals surface area contributed by atoms with Crippen molar-refractivity contribution in [2.45, 2.75) is 11.4 Å². The van der Waals surface area contributed by atoms with E-state index in [9.17, 15) is 13.2 Å². The van der Waals surface area contributed by atoms with Gasteiger partial charge in [0.2, 0.25) is 22.7 Å². The number of fused-ring (bicyclic) bond motifs is 1. The lowest BCUT2D eigenvalue weighted by Gasteiger charge is -2.09. The van der Waals surface area contributed by atoms with E-state index in [1.807, 2.05) is 0 Å². The van der Waals surface area contributed by atoms with Gasteiger partial charge in [0.1, 0.15) is 5.75 Å². The van der Waals surface area contributed by atoms with Gasteiger partial charge < -0.3 is 19.5 Å². The quantitative estimate of drug-likeness (QED) is 0.746. The number of amides is 1. The molecule has 1 aliphatic rings. The third-order valence-electron chi connectivity index (χ3n) is 3.72. The number of benzene rings is 2. The van der Waals surface area contributed by atoms with Crippen molar-refractivity contribution in [2.24, 2.45) is 0 Å². The molecule has 2 N–H and O–H groups in total. The minimum atomic E-state index is -3.77. The molecule has 1 heterocycles. The number of ether oxygens (including phenoxy) is 3. The average Bonchev–Trinajstić information content (AvgIpc) is 3.12. The zero-order valence-electron chi connectivity index (χ0n) is 14.0. The lowest BCUT2D eigenvalue weighted by atomic mass is 10.2. The van der Waals surface area contributed by atoms with Gasteiger partial charge in [-0.25, -0.2) is 13.1 Å². The molecule has 0 atom stereocenters. The average molecular weight is 378 g/mol. The van der Waals surface area contributed by atoms with Gasteiger partial charge in [-0.1, -0.05) is 6.07 Å². The number of hydrogen-bond donors (Lipinski definition) is 2. The van der Waals surface area contributed by atoms with Crippen molar-refractivity contribution < 1.29 is 27.4 Å². The Morgan fingerprint density at radius 1 is 1.12 bits per heavy atom. The van der Waals surface area contributed by atoms with E-state index >= 15 is 0 Å². The lowest BCUT2D eigenvalue weighted by molar-refractivity contribution is -0.120. The fourth-order valence-electron chi connectivity index (χ4n) is 2.31. The summed E-state index contributed by atoms with van der Waals surface area (Å²) < 4.78 is 42.1. The summed E-state index contributed by atoms with van der Waals surface area (Å²) in [6.45, 7) is 0.0664. The first-order chi connectivity index (χ1) is 12.5. The van der Waals surface area contributed by atoms with Crippen molar-refractivity contribution in [3.05, 3.63) is 48.0 Å². The van der Waals surface area contributed by atoms with Crippen LogP contribution in [0.15, 0.2) is 47.4 Å². The van der Waals surface area contributed by atoms with Gasteiger partial charge in [0.15, 0.2) is 11.5 Å². The topological polar surface area (TPSA) is 103 Å². The van der Waals surface area contributed by atoms with Crippen molar-refractivity contribution in [1.82, 2.24) is 10.0 Å². The molecule has 0 aliphatic carbocycles. The maximum atomic E-state index is 12.2. The first-order valence-corrected chi connectivity index (χ1v) is 9.25. The van der Waals surface area contributed by atoms with Crippen molar-refractivity contribution >= 4 is 15.9 Å². The van der Waals surface area contributed by atoms with Crippen LogP contribution in [0, 0.1) is 0 Å². The number of sulfonamides is 1. The molecule has 0 aromatic heterocycles. The normalized spacial score (nSPS) is 12.7. The highest BCUT2D eigenvalue weighted by molar-refractivity contribution is 7.89. The highest BCUT2D eigenvalue weighted by Gasteiger charge is 2.16. The van der Waals surface area contributed by atoms with Crippen LogP contribution >= 0.6 is 0 Å². The molecule has 26 heavy (non-hydrogen) atoms. The fraction of sp³-hybridized carbons (Fsp3) is 0.235. The molecule has 0 fully saturated rings. The number of hydrogen-bond acceptors (Lipinski definition) is 6. The summed E-state index contributed by atoms with van der Waals surface area (Å²) in [5, 5.41) is 2.65. The maximum Gasteiger partial charge on any atom is 0.241 e. The van der Waals surface area contributed by atoms with Crippen LogP contribution in [0.2, 0.25) is 0 Å². The Morgan fingerprint density at radius 2 is 1.85 bits per heavy atom. The highest BCUT2D eigenvalue weighted by Crippen LogP contribution is 2.32. The second kappa shape index (κ2) is 7.63. The number of carbonyl (C=O) groups is 1. The Bertz CT molecular complexity index is 896. The molecule has 9 heteroatoms. The third kappa shape index (κ3) is 4.24. The van der Waals surface area contributed by atoms with E-state index in [-0.39, 0.29) is 24.8 Å². The Balaban J connectivity index is 1.51. The molecule has 0 saturated carbocycles. The molecule has 2 aromatic rings. The predicted molar refractivity (Wildman–Crippen MR) is 92.6 cm³/mol. The maximum absolute atomic E-state index is 12.2. The van der Waals surface area contributed by atoms with Crippen LogP contribution < -0.4 is 24.2 Å². The van der Waals surface area contributed by atoms with Gasteiger partial charge in [-0.3, -0.25) is 4.79 Å². The summed E-state index contributed by atoms with van der Waals surface area (Å²) in [6, 6.07) is 11.2. The van der Waals surface area contributed by atoms with E-state index in [0.717, 1.165) is 5.56 Å². The molecule has 1 amide bonds. The second-order valence-electron chi connectivity index (χ2n) is 5.46. The number of methoxy groups -OCH3 is 1. The molecule has 0 spiro atoms. The Kier molecular flexibility index (Phi) is 5.29. The van der Waals surface area contributed by atoms with Gasteiger partial charge >= 0.3 is 0 Å². The molecule has 8 nitrogen and oxygen atoms in total. The zero-order chi connectivity index (χ0) is 18.6. The summed E-state index contributed by atoms with van der Waals surface area (Å²) in [5.74, 6) is 1.38. The molecule has 0 bridgehead atoms. The first kappa shape index (κ1) is 18.0. The molecule has 1 aliphatic heterocycles. The molecular weight excluding hydrogens is 360 g/mol. The predicted octanol–water partition coefficient (Wildman–Crippen LogP) is 1.02. The standard InChI is InChI=1S/C17H18N2O6S/c1-23-13-3-5-14(6-4-13)26(21,22)19-10-17(20)18-9-12-2-7-15-16(8-12)25-11-24-15/h2-8,19H,9-11H2,1H3,(H,18,20). The molecule has 0 radical (unpaired) electrons. The van der Waals surface area contributed by atoms with Crippen molar-refractivity contribution in [2.75, 3.05) is 20.4 Å². The summed E-state index contributed by atoms with van der Waals surface area (Å²) in [4.78, 5) is 12.0. The Labute approximate surface area is 151 Å². The van der Waals surface area contributed by atoms with Gasteiger partial charge in [0, 0.05) is 6.54 Å². The van der Waals surface area contributed by atoms with Crippen LogP contribution in [0.4, 0.5) is 0 Å². The molecule has 0 saturated heterocycles. The van der Waals surface area contributed by atoms with Crippen LogP contribution in [0.3, 0.4) is 0 Å². The van der Waals surface area contributed by atoms with Crippen LogP contribution in [-0.2, 0) is 21.4 Å². The molecule has 138 valence electrons. The van der Waals surface area contributed by atoms with Gasteiger partial charge in [0.25, 0.3) is 0 Å². The minimum Gasteiger partial charge on any atom is -0.497 e. The third-order valence-corrected chi connectivity index (χ3v) is 5.14. The zero-order valence-corrected chi connectivity index (χ0v) is 14.8. The van der Waals surface area contributed by atoms with E-state index in [0.29, 0.717) is 17.2 Å². The number of rotatable bonds is 7. The summed E-state index contributed by atoms with van der Waals surface area (Å²) >= 11 is 0. The smallest absolute Gasteiger partial charge is 0.241 e. The van der Waals surface area contributed by atoms with Crippen molar-refractivity contribution in [1.29, 1.82) is 0 Å². The molecule has 3 rings (SSSR count). The number of nitrogens with one attached hydrogen (secondary N) is 2. The monoisotopic (exact) mass is 378 g/mol. The van der Waals surface area contributed by atoms with Gasteiger partial charge in [-0.05, 0) is 42.0 Å². The lowest BCUT2D eigenvalue weighted by Crippen LogP contribution is -2.36. The van der Waals surface area contributed by atoms with Gasteiger partial charge in [-0.2, -0.15) is 0 Å². The fourth-order valence-corrected chi connectivity index (χ4v) is 3.29. The largest absolute Gasteiger partial charge is 0.497 e. The van der Waals surface area contributed by atoms with Crippen LogP contribution in [-0.4, -0.2) is 34.8 Å². The van der Waals surface area contributed by atoms with E-state index in [1.54, 1.807) is 18.2 Å². The second-order valence-corrected chi connectivity index (χ2v) is 7.23. The molecule has 0 unspecified atom stereocenters. The Morgan fingerprint density at radius 3 is 2.58 bits per heavy atom. The summed E-state index contributed by atoms with van der Waals surface area (Å²) in [6.07, 6.45) is 0. The van der Waals surface area contributed by atoms with Crippen LogP contribution in [0.5, 0.6) is 17.2 Å². The molecule has 2 aromatic carbocycles. The van der Waals surface area contributed by atoms with Gasteiger partial charge in [-0.15, -0.1) is 0 Å². The Hall–Kier alpha value is -2.78. The van der Waals surface area contributed by atoms with E-state index in [2.05, 4.69) is 10.0 Å². The van der Waals surface area contributed by atoms with Crippen molar-refractivity contribution in [3.8, 4) is 17.2 Å². The van der Waals surface area contributed by atoms with Crippen LogP contribution in [0.25, 0.3) is 0 Å². The van der Waals surface area contributed by atoms with E-state index in [1.165, 1.54) is 31.4 Å². The van der Waals surface area contributed by atoms with Gasteiger partial charge in [0.05, 0.1) is 18.6 Å². The highest BCUT2D eigenvalue weighted by atomic mass is 32.2. The first-order valence-electron chi connectivity index (χ1n) is 7.77. The number of carbonyl (C=O) groups excluding carboxylic acids is 1. The summed E-state index contributed by atoms with van der Waals surface area (Å²) in [7, 11) is -2.28. The minimum absolute atomic E-state index is 0.0573. The van der Waals surface area contributed by atoms with Crippen molar-refractivity contribution in [3.63, 3.8) is 0 Å². The summed E-state index contributed by atoms with van der Waals surface area (Å²) in [5.41, 5.74) is 0.820. The van der Waals surface area contributed by atoms with E-state index in [4.69, 9.17) is 14.2 Å². The SMILES string of the molecule is COc1ccc(S(=O)(=O)NCC(=O)NCc2ccc3c(c2)OCO3)cc1.